The zero-order valence-corrected chi connectivity index (χ0v) is 22.0. The summed E-state index contributed by atoms with van der Waals surface area (Å²) in [6, 6.07) is 7.52. The van der Waals surface area contributed by atoms with Crippen LogP contribution in [0.4, 0.5) is 0 Å². The summed E-state index contributed by atoms with van der Waals surface area (Å²) in [6.07, 6.45) is 2.06. The van der Waals surface area contributed by atoms with Crippen molar-refractivity contribution in [3.63, 3.8) is 0 Å². The van der Waals surface area contributed by atoms with Crippen molar-refractivity contribution in [3.05, 3.63) is 35.9 Å². The third-order valence-electron chi connectivity index (χ3n) is 6.66. The number of amides is 1. The molecule has 9 heteroatoms. The minimum Gasteiger partial charge on any atom is -0.461 e. The van der Waals surface area contributed by atoms with Crippen molar-refractivity contribution in [1.82, 2.24) is 15.5 Å². The molecule has 0 spiro atoms. The molecule has 0 radical (unpaired) electrons. The highest BCUT2D eigenvalue weighted by atomic mass is 16.5. The van der Waals surface area contributed by atoms with E-state index in [0.717, 1.165) is 12.0 Å². The van der Waals surface area contributed by atoms with Crippen LogP contribution in [0.3, 0.4) is 0 Å². The van der Waals surface area contributed by atoms with E-state index in [1.807, 2.05) is 37.3 Å². The summed E-state index contributed by atoms with van der Waals surface area (Å²) in [5.74, 6) is -0.791. The van der Waals surface area contributed by atoms with E-state index in [1.165, 1.54) is 6.92 Å². The number of likely N-dealkylation sites (tertiary alicyclic amines) is 1. The molecule has 1 saturated heterocycles. The number of nitrogens with one attached hydrogen (secondary N) is 2. The number of nitrogens with zero attached hydrogens (tertiary/aromatic N) is 1. The Morgan fingerprint density at radius 1 is 1.17 bits per heavy atom. The molecule has 3 atom stereocenters. The zero-order valence-electron chi connectivity index (χ0n) is 22.0. The lowest BCUT2D eigenvalue weighted by molar-refractivity contribution is -0.145. The van der Waals surface area contributed by atoms with Crippen LogP contribution in [0.15, 0.2) is 30.3 Å². The van der Waals surface area contributed by atoms with Crippen LogP contribution in [0.5, 0.6) is 0 Å². The second-order valence-electron chi connectivity index (χ2n) is 9.84. The summed E-state index contributed by atoms with van der Waals surface area (Å²) in [5, 5.41) is 6.39. The Hall–Kier alpha value is -2.62. The molecule has 1 aromatic carbocycles. The molecule has 1 amide bonds. The van der Waals surface area contributed by atoms with Gasteiger partial charge in [0.2, 0.25) is 5.91 Å². The molecule has 1 aliphatic rings. The zero-order chi connectivity index (χ0) is 26.7. The largest absolute Gasteiger partial charge is 0.461 e. The average Bonchev–Trinajstić information content (AvgIpc) is 3.37. The van der Waals surface area contributed by atoms with Crippen molar-refractivity contribution in [2.45, 2.75) is 90.1 Å². The van der Waals surface area contributed by atoms with Gasteiger partial charge < -0.3 is 20.7 Å². The fourth-order valence-corrected chi connectivity index (χ4v) is 4.59. The van der Waals surface area contributed by atoms with Crippen molar-refractivity contribution in [3.8, 4) is 0 Å². The summed E-state index contributed by atoms with van der Waals surface area (Å²) in [5.41, 5.74) is 5.58. The predicted molar refractivity (Wildman–Crippen MR) is 138 cm³/mol. The number of esters is 1. The van der Waals surface area contributed by atoms with Crippen LogP contribution in [0.25, 0.3) is 0 Å². The second-order valence-corrected chi connectivity index (χ2v) is 9.84. The van der Waals surface area contributed by atoms with Gasteiger partial charge >= 0.3 is 5.97 Å². The van der Waals surface area contributed by atoms with Gasteiger partial charge in [-0.1, -0.05) is 37.3 Å². The number of nitrogens with two attached hydrogens (primary N) is 1. The Morgan fingerprint density at radius 3 is 2.47 bits per heavy atom. The smallest absolute Gasteiger partial charge is 0.306 e. The van der Waals surface area contributed by atoms with Crippen molar-refractivity contribution in [1.29, 1.82) is 0 Å². The Bertz CT molecular complexity index is 889. The quantitative estimate of drug-likeness (QED) is 0.309. The standard InChI is InChI=1S/C27H42N4O5/c1-5-21(25(34)23-12-9-17-31(23)19(2)32)30-22(26(35)27(3,4)29-16-15-28)13-14-24(33)36-18-20-10-7-6-8-11-20/h6-8,10-11,21-23,29-30H,5,9,12-18,28H2,1-4H3. The molecule has 0 saturated carbocycles. The Balaban J connectivity index is 2.11. The average molecular weight is 503 g/mol. The van der Waals surface area contributed by atoms with Crippen LogP contribution in [-0.2, 0) is 30.5 Å². The first kappa shape index (κ1) is 29.6. The fourth-order valence-electron chi connectivity index (χ4n) is 4.59. The SMILES string of the molecule is CCC(NC(CCC(=O)OCc1ccccc1)C(=O)C(C)(C)NCCN)C(=O)C1CCCN1C(C)=O. The first-order chi connectivity index (χ1) is 17.1. The Labute approximate surface area is 214 Å². The van der Waals surface area contributed by atoms with Crippen LogP contribution >= 0.6 is 0 Å². The number of ketones is 2. The van der Waals surface area contributed by atoms with Gasteiger partial charge in [0, 0.05) is 33.0 Å². The van der Waals surface area contributed by atoms with Gasteiger partial charge in [-0.3, -0.25) is 24.5 Å². The molecule has 2 rings (SSSR count). The van der Waals surface area contributed by atoms with E-state index in [9.17, 15) is 19.2 Å². The first-order valence-electron chi connectivity index (χ1n) is 12.9. The van der Waals surface area contributed by atoms with Crippen LogP contribution < -0.4 is 16.4 Å². The number of hydrogen-bond acceptors (Lipinski definition) is 8. The third kappa shape index (κ3) is 8.50. The van der Waals surface area contributed by atoms with E-state index in [-0.39, 0.29) is 36.9 Å². The van der Waals surface area contributed by atoms with Gasteiger partial charge in [0.15, 0.2) is 11.6 Å². The van der Waals surface area contributed by atoms with Gasteiger partial charge in [0.25, 0.3) is 0 Å². The Morgan fingerprint density at radius 2 is 1.86 bits per heavy atom. The molecule has 1 aliphatic heterocycles. The van der Waals surface area contributed by atoms with E-state index in [4.69, 9.17) is 10.5 Å². The summed E-state index contributed by atoms with van der Waals surface area (Å²) < 4.78 is 5.39. The molecule has 36 heavy (non-hydrogen) atoms. The lowest BCUT2D eigenvalue weighted by Gasteiger charge is -2.33. The molecule has 0 bridgehead atoms. The monoisotopic (exact) mass is 502 g/mol. The van der Waals surface area contributed by atoms with E-state index < -0.39 is 29.6 Å². The summed E-state index contributed by atoms with van der Waals surface area (Å²) in [7, 11) is 0. The molecular formula is C27H42N4O5. The Kier molecular flexibility index (Phi) is 11.7. The molecule has 200 valence electrons. The van der Waals surface area contributed by atoms with Crippen LogP contribution in [0.1, 0.15) is 65.4 Å². The number of carbonyl (C=O) groups excluding carboxylic acids is 4. The van der Waals surface area contributed by atoms with Crippen LogP contribution in [0.2, 0.25) is 0 Å². The molecule has 0 aliphatic carbocycles. The normalized spacial score (nSPS) is 17.5. The molecule has 1 heterocycles. The number of Topliss-reactive ketones (excluding diaryl/α,β-unsaturated/α-hetero) is 2. The van der Waals surface area contributed by atoms with Crippen molar-refractivity contribution in [2.75, 3.05) is 19.6 Å². The van der Waals surface area contributed by atoms with E-state index in [2.05, 4.69) is 10.6 Å². The van der Waals surface area contributed by atoms with Crippen molar-refractivity contribution < 1.29 is 23.9 Å². The van der Waals surface area contributed by atoms with Crippen LogP contribution in [-0.4, -0.2) is 71.6 Å². The van der Waals surface area contributed by atoms with E-state index >= 15 is 0 Å². The highest BCUT2D eigenvalue weighted by molar-refractivity contribution is 5.95. The fraction of sp³-hybridized carbons (Fsp3) is 0.630. The molecule has 3 unspecified atom stereocenters. The molecule has 1 fully saturated rings. The van der Waals surface area contributed by atoms with Crippen molar-refractivity contribution in [2.24, 2.45) is 5.73 Å². The number of carbonyl (C=O) groups is 4. The minimum absolute atomic E-state index is 0.0246. The summed E-state index contributed by atoms with van der Waals surface area (Å²) in [4.78, 5) is 53.0. The lowest BCUT2D eigenvalue weighted by Crippen LogP contribution is -2.59. The van der Waals surface area contributed by atoms with Gasteiger partial charge in [-0.25, -0.2) is 0 Å². The number of benzene rings is 1. The number of hydrogen-bond donors (Lipinski definition) is 3. The first-order valence-corrected chi connectivity index (χ1v) is 12.9. The topological polar surface area (TPSA) is 131 Å². The number of rotatable bonds is 15. The van der Waals surface area contributed by atoms with Crippen LogP contribution in [0, 0.1) is 0 Å². The van der Waals surface area contributed by atoms with Gasteiger partial charge in [0.05, 0.1) is 23.7 Å². The molecular weight excluding hydrogens is 460 g/mol. The van der Waals surface area contributed by atoms with Gasteiger partial charge in [-0.15, -0.1) is 0 Å². The molecule has 1 aromatic rings. The molecule has 0 aromatic heterocycles. The van der Waals surface area contributed by atoms with Crippen molar-refractivity contribution >= 4 is 23.4 Å². The van der Waals surface area contributed by atoms with E-state index in [1.54, 1.807) is 18.7 Å². The maximum Gasteiger partial charge on any atom is 0.306 e. The lowest BCUT2D eigenvalue weighted by atomic mass is 9.89. The van der Waals surface area contributed by atoms with Gasteiger partial charge in [-0.05, 0) is 45.1 Å². The molecule has 9 nitrogen and oxygen atoms in total. The second kappa shape index (κ2) is 14.2. The maximum atomic E-state index is 13.5. The third-order valence-corrected chi connectivity index (χ3v) is 6.66. The maximum absolute atomic E-state index is 13.5. The highest BCUT2D eigenvalue weighted by Crippen LogP contribution is 2.21. The molecule has 4 N–H and O–H groups in total. The predicted octanol–water partition coefficient (Wildman–Crippen LogP) is 1.72. The summed E-state index contributed by atoms with van der Waals surface area (Å²) in [6.45, 7) is 8.43. The summed E-state index contributed by atoms with van der Waals surface area (Å²) >= 11 is 0. The van der Waals surface area contributed by atoms with Gasteiger partial charge in [-0.2, -0.15) is 0 Å². The minimum atomic E-state index is -0.912. The van der Waals surface area contributed by atoms with Gasteiger partial charge in [0.1, 0.15) is 6.61 Å². The van der Waals surface area contributed by atoms with E-state index in [0.29, 0.717) is 32.5 Å². The number of ether oxygens (including phenoxy) is 1. The highest BCUT2D eigenvalue weighted by Gasteiger charge is 2.39.